The van der Waals surface area contributed by atoms with E-state index in [1.165, 1.54) is 4.90 Å². The highest BCUT2D eigenvalue weighted by Crippen LogP contribution is 2.16. The Morgan fingerprint density at radius 3 is 2.17 bits per heavy atom. The van der Waals surface area contributed by atoms with Crippen LogP contribution < -0.4 is 10.5 Å². The van der Waals surface area contributed by atoms with E-state index in [-0.39, 0.29) is 24.7 Å². The van der Waals surface area contributed by atoms with E-state index in [1.807, 2.05) is 0 Å². The maximum atomic E-state index is 12.3. The zero-order valence-corrected chi connectivity index (χ0v) is 16.7. The second-order valence-electron chi connectivity index (χ2n) is 6.65. The fourth-order valence-corrected chi connectivity index (χ4v) is 2.56. The lowest BCUT2D eigenvalue weighted by Crippen LogP contribution is -2.29. The molecule has 156 valence electrons. The number of likely N-dealkylation sites (N-methyl/N-ethyl adjacent to an activating group) is 1. The number of ether oxygens (including phenoxy) is 1. The van der Waals surface area contributed by atoms with Gasteiger partial charge in [-0.3, -0.25) is 15.0 Å². The molecule has 30 heavy (non-hydrogen) atoms. The van der Waals surface area contributed by atoms with Crippen LogP contribution in [0.15, 0.2) is 54.1 Å². The van der Waals surface area contributed by atoms with Crippen LogP contribution in [0.5, 0.6) is 5.75 Å². The van der Waals surface area contributed by atoms with Crippen molar-refractivity contribution in [2.24, 2.45) is 5.73 Å². The molecule has 0 saturated carbocycles. The number of esters is 1. The number of amidine groups is 1. The minimum absolute atomic E-state index is 0.0709. The van der Waals surface area contributed by atoms with Crippen molar-refractivity contribution in [3.63, 3.8) is 0 Å². The largest absolute Gasteiger partial charge is 0.481 e. The summed E-state index contributed by atoms with van der Waals surface area (Å²) in [6.07, 6.45) is 1.54. The summed E-state index contributed by atoms with van der Waals surface area (Å²) in [5, 5.41) is 16.1. The number of carbonyl (C=O) groups excluding carboxylic acids is 2. The monoisotopic (exact) mass is 409 g/mol. The van der Waals surface area contributed by atoms with Crippen LogP contribution in [0.4, 0.5) is 0 Å². The number of carboxylic acids is 1. The molecule has 2 rings (SSSR count). The van der Waals surface area contributed by atoms with Gasteiger partial charge in [-0.15, -0.1) is 0 Å². The first kappa shape index (κ1) is 22.4. The standard InChI is InChI=1S/C22H23N3O5/c1-14(21(28)25(2)12-11-19(26)27)13-15-3-5-17(6-4-15)22(29)30-18-9-7-16(8-10-18)20(23)24/h3-10,13H,11-12H2,1-2H3,(H3,23,24)(H,26,27). The molecule has 0 spiro atoms. The highest BCUT2D eigenvalue weighted by molar-refractivity contribution is 5.97. The van der Waals surface area contributed by atoms with E-state index in [9.17, 15) is 14.4 Å². The molecule has 0 aliphatic carbocycles. The molecule has 0 bridgehead atoms. The van der Waals surface area contributed by atoms with Crippen molar-refractivity contribution in [1.82, 2.24) is 4.90 Å². The molecule has 1 amide bonds. The van der Waals surface area contributed by atoms with E-state index in [2.05, 4.69) is 0 Å². The number of nitrogens with one attached hydrogen (secondary N) is 1. The lowest BCUT2D eigenvalue weighted by atomic mass is 10.1. The maximum Gasteiger partial charge on any atom is 0.343 e. The Morgan fingerprint density at radius 2 is 1.63 bits per heavy atom. The third-order valence-electron chi connectivity index (χ3n) is 4.25. The van der Waals surface area contributed by atoms with Gasteiger partial charge in [-0.05, 0) is 55.0 Å². The number of nitrogen functional groups attached to an aromatic ring is 1. The minimum Gasteiger partial charge on any atom is -0.481 e. The van der Waals surface area contributed by atoms with E-state index in [1.54, 1.807) is 68.6 Å². The lowest BCUT2D eigenvalue weighted by Gasteiger charge is -2.16. The highest BCUT2D eigenvalue weighted by Gasteiger charge is 2.13. The van der Waals surface area contributed by atoms with Gasteiger partial charge in [0.2, 0.25) is 5.91 Å². The Labute approximate surface area is 174 Å². The number of hydrogen-bond donors (Lipinski definition) is 3. The van der Waals surface area contributed by atoms with Gasteiger partial charge in [-0.2, -0.15) is 0 Å². The summed E-state index contributed by atoms with van der Waals surface area (Å²) >= 11 is 0. The smallest absolute Gasteiger partial charge is 0.343 e. The number of nitrogens with zero attached hydrogens (tertiary/aromatic N) is 1. The summed E-state index contributed by atoms with van der Waals surface area (Å²) in [5.74, 6) is -1.51. The predicted octanol–water partition coefficient (Wildman–Crippen LogP) is 2.53. The second kappa shape index (κ2) is 10.0. The van der Waals surface area contributed by atoms with Crippen LogP contribution in [0.1, 0.15) is 34.8 Å². The van der Waals surface area contributed by atoms with Gasteiger partial charge in [-0.25, -0.2) is 4.79 Å². The zero-order chi connectivity index (χ0) is 22.3. The Balaban J connectivity index is 2.01. The molecule has 2 aromatic carbocycles. The van der Waals surface area contributed by atoms with Crippen LogP contribution >= 0.6 is 0 Å². The van der Waals surface area contributed by atoms with Crippen molar-refractivity contribution in [3.8, 4) is 5.75 Å². The predicted molar refractivity (Wildman–Crippen MR) is 112 cm³/mol. The van der Waals surface area contributed by atoms with Crippen molar-refractivity contribution >= 4 is 29.8 Å². The van der Waals surface area contributed by atoms with Crippen molar-refractivity contribution < 1.29 is 24.2 Å². The van der Waals surface area contributed by atoms with E-state index in [4.69, 9.17) is 21.0 Å². The molecule has 0 fully saturated rings. The molecule has 0 aliphatic heterocycles. The third-order valence-corrected chi connectivity index (χ3v) is 4.25. The van der Waals surface area contributed by atoms with E-state index < -0.39 is 11.9 Å². The summed E-state index contributed by atoms with van der Waals surface area (Å²) in [5.41, 5.74) is 7.43. The van der Waals surface area contributed by atoms with Gasteiger partial charge in [0.15, 0.2) is 0 Å². The van der Waals surface area contributed by atoms with Crippen LogP contribution in [0.3, 0.4) is 0 Å². The van der Waals surface area contributed by atoms with Crippen LogP contribution in [0.2, 0.25) is 0 Å². The number of carboxylic acid groups (broad SMARTS) is 1. The average molecular weight is 409 g/mol. The summed E-state index contributed by atoms with van der Waals surface area (Å²) in [6, 6.07) is 12.8. The Hall–Kier alpha value is -3.94. The van der Waals surface area contributed by atoms with Gasteiger partial charge < -0.3 is 20.5 Å². The first-order valence-corrected chi connectivity index (χ1v) is 9.09. The molecule has 2 aromatic rings. The summed E-state index contributed by atoms with van der Waals surface area (Å²) in [7, 11) is 1.55. The summed E-state index contributed by atoms with van der Waals surface area (Å²) < 4.78 is 5.30. The van der Waals surface area contributed by atoms with Crippen LogP contribution in [0.25, 0.3) is 6.08 Å². The molecule has 4 N–H and O–H groups in total. The van der Waals surface area contributed by atoms with E-state index >= 15 is 0 Å². The molecule has 0 radical (unpaired) electrons. The molecule has 0 aliphatic rings. The number of nitrogens with two attached hydrogens (primary N) is 1. The van der Waals surface area contributed by atoms with Crippen molar-refractivity contribution in [3.05, 3.63) is 70.8 Å². The van der Waals surface area contributed by atoms with Gasteiger partial charge >= 0.3 is 11.9 Å². The second-order valence-corrected chi connectivity index (χ2v) is 6.65. The van der Waals surface area contributed by atoms with Crippen LogP contribution in [0, 0.1) is 5.41 Å². The fraction of sp³-hybridized carbons (Fsp3) is 0.182. The highest BCUT2D eigenvalue weighted by atomic mass is 16.5. The van der Waals surface area contributed by atoms with Gasteiger partial charge in [0.05, 0.1) is 12.0 Å². The normalized spacial score (nSPS) is 10.9. The molecular formula is C22H23N3O5. The summed E-state index contributed by atoms with van der Waals surface area (Å²) in [6.45, 7) is 1.77. The van der Waals surface area contributed by atoms with Gasteiger partial charge in [0.25, 0.3) is 0 Å². The Kier molecular flexibility index (Phi) is 7.46. The van der Waals surface area contributed by atoms with Crippen LogP contribution in [-0.2, 0) is 9.59 Å². The molecule has 8 nitrogen and oxygen atoms in total. The SMILES string of the molecule is CC(=Cc1ccc(C(=O)Oc2ccc(C(=N)N)cc2)cc1)C(=O)N(C)CCC(=O)O. The number of amides is 1. The molecule has 8 heteroatoms. The molecule has 0 unspecified atom stereocenters. The first-order chi connectivity index (χ1) is 14.2. The number of carbonyl (C=O) groups is 3. The number of benzene rings is 2. The number of aliphatic carboxylic acids is 1. The van der Waals surface area contributed by atoms with Crippen molar-refractivity contribution in [2.45, 2.75) is 13.3 Å². The van der Waals surface area contributed by atoms with Crippen molar-refractivity contribution in [1.29, 1.82) is 5.41 Å². The average Bonchev–Trinajstić information content (AvgIpc) is 2.72. The molecule has 0 saturated heterocycles. The zero-order valence-electron chi connectivity index (χ0n) is 16.7. The minimum atomic E-state index is -0.964. The lowest BCUT2D eigenvalue weighted by molar-refractivity contribution is -0.137. The Bertz CT molecular complexity index is 979. The molecule has 0 heterocycles. The Morgan fingerprint density at radius 1 is 1.07 bits per heavy atom. The summed E-state index contributed by atoms with van der Waals surface area (Å²) in [4.78, 5) is 36.5. The third kappa shape index (κ3) is 6.30. The molecule has 0 aromatic heterocycles. The molecular weight excluding hydrogens is 386 g/mol. The van der Waals surface area contributed by atoms with Gasteiger partial charge in [-0.1, -0.05) is 12.1 Å². The maximum absolute atomic E-state index is 12.3. The first-order valence-electron chi connectivity index (χ1n) is 9.09. The van der Waals surface area contributed by atoms with E-state index in [0.717, 1.165) is 5.56 Å². The number of rotatable bonds is 8. The number of hydrogen-bond acceptors (Lipinski definition) is 5. The van der Waals surface area contributed by atoms with Crippen LogP contribution in [-0.4, -0.2) is 47.3 Å². The quantitative estimate of drug-likeness (QED) is 0.202. The van der Waals surface area contributed by atoms with E-state index in [0.29, 0.717) is 22.4 Å². The topological polar surface area (TPSA) is 134 Å². The van der Waals surface area contributed by atoms with Gasteiger partial charge in [0.1, 0.15) is 11.6 Å². The molecule has 0 atom stereocenters. The fourth-order valence-electron chi connectivity index (χ4n) is 2.56. The van der Waals surface area contributed by atoms with Gasteiger partial charge in [0, 0.05) is 24.7 Å². The van der Waals surface area contributed by atoms with Crippen molar-refractivity contribution in [2.75, 3.05) is 13.6 Å².